The van der Waals surface area contributed by atoms with Crippen molar-refractivity contribution in [2.24, 2.45) is 10.9 Å². The normalized spacial score (nSPS) is 16.8. The van der Waals surface area contributed by atoms with Gasteiger partial charge in [-0.2, -0.15) is 5.90 Å². The quantitative estimate of drug-likeness (QED) is 0.456. The molecule has 1 heterocycles. The minimum atomic E-state index is -0.635. The van der Waals surface area contributed by atoms with Gasteiger partial charge in [0.25, 0.3) is 0 Å². The van der Waals surface area contributed by atoms with Crippen LogP contribution in [0.1, 0.15) is 31.2 Å². The molecule has 1 aliphatic rings. The van der Waals surface area contributed by atoms with Crippen LogP contribution < -0.4 is 10.6 Å². The average Bonchev–Trinajstić information content (AvgIpc) is 3.07. The molecule has 0 saturated heterocycles. The first kappa shape index (κ1) is 18.6. The average molecular weight is 354 g/mol. The van der Waals surface area contributed by atoms with Crippen LogP contribution in [0, 0.1) is 0 Å². The highest BCUT2D eigenvalue weighted by atomic mass is 32.2. The summed E-state index contributed by atoms with van der Waals surface area (Å²) in [6, 6.07) is 4.39. The molecular weight excluding hydrogens is 332 g/mol. The number of carbonyl (C=O) groups is 1. The Kier molecular flexibility index (Phi) is 7.36. The molecule has 1 aromatic carbocycles. The van der Waals surface area contributed by atoms with Gasteiger partial charge in [0.1, 0.15) is 16.5 Å². The van der Waals surface area contributed by atoms with Crippen LogP contribution >= 0.6 is 11.8 Å². The molecule has 8 heteroatoms. The van der Waals surface area contributed by atoms with E-state index in [1.165, 1.54) is 11.8 Å². The number of ether oxygens (including phenoxy) is 1. The first-order valence-corrected chi connectivity index (χ1v) is 8.82. The topological polar surface area (TPSA) is 114 Å². The lowest BCUT2D eigenvalue weighted by Gasteiger charge is -2.09. The van der Waals surface area contributed by atoms with Crippen LogP contribution in [-0.2, 0) is 9.63 Å². The molecule has 7 nitrogen and oxygen atoms in total. The van der Waals surface area contributed by atoms with E-state index < -0.39 is 12.0 Å². The predicted octanol–water partition coefficient (Wildman–Crippen LogP) is 1.60. The molecule has 0 fully saturated rings. The standard InChI is InChI=1S/C16H22N2O5S/c17-23-16(21)13-10-24-15(18-13)12-6-5-11(9-14(12)20)22-8-4-2-1-3-7-19/h5-6,9,13,19-20H,1-4,7-8,10,17H2. The van der Waals surface area contributed by atoms with E-state index in [0.29, 0.717) is 28.7 Å². The molecule has 1 aromatic rings. The van der Waals surface area contributed by atoms with Gasteiger partial charge in [-0.1, -0.05) is 6.42 Å². The third kappa shape index (κ3) is 5.12. The zero-order valence-electron chi connectivity index (χ0n) is 13.3. The lowest BCUT2D eigenvalue weighted by molar-refractivity contribution is -0.145. The van der Waals surface area contributed by atoms with Crippen LogP contribution in [0.5, 0.6) is 11.5 Å². The molecule has 1 aliphatic heterocycles. The number of hydrogen-bond acceptors (Lipinski definition) is 8. The number of aliphatic hydroxyl groups is 1. The van der Waals surface area contributed by atoms with Crippen LogP contribution in [0.2, 0.25) is 0 Å². The van der Waals surface area contributed by atoms with E-state index in [0.717, 1.165) is 25.7 Å². The van der Waals surface area contributed by atoms with Crippen molar-refractivity contribution in [2.45, 2.75) is 31.7 Å². The Hall–Kier alpha value is -1.77. The maximum atomic E-state index is 11.4. The molecule has 0 aromatic heterocycles. The highest BCUT2D eigenvalue weighted by molar-refractivity contribution is 8.14. The second kappa shape index (κ2) is 9.51. The number of aromatic hydroxyl groups is 1. The number of benzene rings is 1. The van der Waals surface area contributed by atoms with Crippen LogP contribution in [-0.4, -0.2) is 46.2 Å². The molecular formula is C16H22N2O5S. The van der Waals surface area contributed by atoms with Crippen molar-refractivity contribution in [1.82, 2.24) is 0 Å². The summed E-state index contributed by atoms with van der Waals surface area (Å²) in [5, 5.41) is 19.5. The second-order valence-electron chi connectivity index (χ2n) is 5.36. The van der Waals surface area contributed by atoms with Gasteiger partial charge in [-0.05, 0) is 31.4 Å². The van der Waals surface area contributed by atoms with Crippen LogP contribution in [0.25, 0.3) is 0 Å². The number of aliphatic hydroxyl groups excluding tert-OH is 1. The molecule has 0 radical (unpaired) electrons. The van der Waals surface area contributed by atoms with E-state index in [4.69, 9.17) is 15.7 Å². The maximum Gasteiger partial charge on any atom is 0.350 e. The smallest absolute Gasteiger partial charge is 0.350 e. The SMILES string of the molecule is NOC(=O)C1CSC(c2ccc(OCCCCCCO)cc2O)=N1. The fourth-order valence-electron chi connectivity index (χ4n) is 2.26. The fourth-order valence-corrected chi connectivity index (χ4v) is 3.32. The molecule has 0 aliphatic carbocycles. The fraction of sp³-hybridized carbons (Fsp3) is 0.500. The Morgan fingerprint density at radius 1 is 1.33 bits per heavy atom. The van der Waals surface area contributed by atoms with Crippen molar-refractivity contribution in [1.29, 1.82) is 0 Å². The molecule has 24 heavy (non-hydrogen) atoms. The summed E-state index contributed by atoms with van der Waals surface area (Å²) in [7, 11) is 0. The molecule has 132 valence electrons. The third-order valence-electron chi connectivity index (χ3n) is 3.56. The van der Waals surface area contributed by atoms with E-state index in [-0.39, 0.29) is 12.4 Å². The van der Waals surface area contributed by atoms with Gasteiger partial charge < -0.3 is 19.8 Å². The lowest BCUT2D eigenvalue weighted by Crippen LogP contribution is -2.24. The Morgan fingerprint density at radius 3 is 2.83 bits per heavy atom. The molecule has 2 rings (SSSR count). The van der Waals surface area contributed by atoms with Gasteiger partial charge in [0, 0.05) is 24.0 Å². The van der Waals surface area contributed by atoms with E-state index in [1.54, 1.807) is 18.2 Å². The lowest BCUT2D eigenvalue weighted by atomic mass is 10.2. The van der Waals surface area contributed by atoms with Gasteiger partial charge in [0.15, 0.2) is 6.04 Å². The predicted molar refractivity (Wildman–Crippen MR) is 92.2 cm³/mol. The van der Waals surface area contributed by atoms with Gasteiger partial charge in [0.05, 0.1) is 6.61 Å². The largest absolute Gasteiger partial charge is 0.507 e. The molecule has 1 atom stereocenters. The van der Waals surface area contributed by atoms with Crippen molar-refractivity contribution in [3.63, 3.8) is 0 Å². The number of unbranched alkanes of at least 4 members (excludes halogenated alkanes) is 3. The number of nitrogens with zero attached hydrogens (tertiary/aromatic N) is 1. The minimum Gasteiger partial charge on any atom is -0.507 e. The number of rotatable bonds is 9. The van der Waals surface area contributed by atoms with Crippen LogP contribution in [0.3, 0.4) is 0 Å². The summed E-state index contributed by atoms with van der Waals surface area (Å²) in [6.45, 7) is 0.784. The number of thioether (sulfide) groups is 1. The Labute approximate surface area is 144 Å². The zero-order chi connectivity index (χ0) is 17.4. The minimum absolute atomic E-state index is 0.0563. The first-order valence-electron chi connectivity index (χ1n) is 7.84. The summed E-state index contributed by atoms with van der Waals surface area (Å²) in [5.41, 5.74) is 0.558. The van der Waals surface area contributed by atoms with Gasteiger partial charge in [-0.25, -0.2) is 4.79 Å². The number of phenols is 1. The number of hydrogen-bond donors (Lipinski definition) is 3. The van der Waals surface area contributed by atoms with E-state index in [9.17, 15) is 9.90 Å². The summed E-state index contributed by atoms with van der Waals surface area (Å²) in [4.78, 5) is 19.8. The second-order valence-corrected chi connectivity index (χ2v) is 6.37. The molecule has 0 bridgehead atoms. The first-order chi connectivity index (χ1) is 11.7. The zero-order valence-corrected chi connectivity index (χ0v) is 14.1. The molecule has 0 saturated carbocycles. The van der Waals surface area contributed by atoms with Gasteiger partial charge in [0.2, 0.25) is 0 Å². The van der Waals surface area contributed by atoms with Crippen LogP contribution in [0.15, 0.2) is 23.2 Å². The van der Waals surface area contributed by atoms with E-state index in [2.05, 4.69) is 9.83 Å². The number of aliphatic imine (C=N–C) groups is 1. The molecule has 0 spiro atoms. The van der Waals surface area contributed by atoms with Gasteiger partial charge >= 0.3 is 5.97 Å². The molecule has 1 unspecified atom stereocenters. The van der Waals surface area contributed by atoms with Crippen molar-refractivity contribution in [2.75, 3.05) is 19.0 Å². The Bertz CT molecular complexity index is 594. The van der Waals surface area contributed by atoms with Crippen molar-refractivity contribution < 1.29 is 24.6 Å². The maximum absolute atomic E-state index is 11.4. The van der Waals surface area contributed by atoms with Crippen LogP contribution in [0.4, 0.5) is 0 Å². The summed E-state index contributed by atoms with van der Waals surface area (Å²) in [5.74, 6) is 5.36. The highest BCUT2D eigenvalue weighted by Crippen LogP contribution is 2.31. The number of carbonyl (C=O) groups excluding carboxylic acids is 1. The monoisotopic (exact) mass is 354 g/mol. The molecule has 0 amide bonds. The van der Waals surface area contributed by atoms with Crippen molar-refractivity contribution >= 4 is 22.8 Å². The summed E-state index contributed by atoms with van der Waals surface area (Å²) < 4.78 is 5.60. The number of nitrogens with two attached hydrogens (primary N) is 1. The summed E-state index contributed by atoms with van der Waals surface area (Å²) in [6.07, 6.45) is 3.69. The number of phenolic OH excluding ortho intramolecular Hbond substituents is 1. The Morgan fingerprint density at radius 2 is 2.12 bits per heavy atom. The van der Waals surface area contributed by atoms with E-state index in [1.807, 2.05) is 0 Å². The third-order valence-corrected chi connectivity index (χ3v) is 4.64. The highest BCUT2D eigenvalue weighted by Gasteiger charge is 2.28. The van der Waals surface area contributed by atoms with Crippen molar-refractivity contribution in [3.05, 3.63) is 23.8 Å². The molecule has 4 N–H and O–H groups in total. The Balaban J connectivity index is 1.89. The van der Waals surface area contributed by atoms with Gasteiger partial charge in [-0.15, -0.1) is 11.8 Å². The summed E-state index contributed by atoms with van der Waals surface area (Å²) >= 11 is 1.37. The van der Waals surface area contributed by atoms with Gasteiger partial charge in [-0.3, -0.25) is 4.99 Å². The van der Waals surface area contributed by atoms with Crippen molar-refractivity contribution in [3.8, 4) is 11.5 Å². The van der Waals surface area contributed by atoms with E-state index >= 15 is 0 Å².